The zero-order valence-electron chi connectivity index (χ0n) is 16.3. The van der Waals surface area contributed by atoms with E-state index >= 15 is 0 Å². The van der Waals surface area contributed by atoms with Crippen LogP contribution in [0.1, 0.15) is 28.5 Å². The van der Waals surface area contributed by atoms with E-state index in [1.165, 1.54) is 6.07 Å². The molecule has 0 bridgehead atoms. The number of carbonyl (C=O) groups is 1. The van der Waals surface area contributed by atoms with Crippen LogP contribution in [-0.2, 0) is 10.0 Å². The van der Waals surface area contributed by atoms with Crippen LogP contribution in [-0.4, -0.2) is 31.1 Å². The van der Waals surface area contributed by atoms with E-state index in [0.717, 1.165) is 11.1 Å². The Labute approximate surface area is 169 Å². The lowest BCUT2D eigenvalue weighted by Gasteiger charge is -2.08. The van der Waals surface area contributed by atoms with Gasteiger partial charge in [0, 0.05) is 17.4 Å². The highest BCUT2D eigenvalue weighted by atomic mass is 32.2. The normalized spacial score (nSPS) is 11.1. The summed E-state index contributed by atoms with van der Waals surface area (Å²) in [6, 6.07) is 13.3. The fraction of sp³-hybridized carbons (Fsp3) is 0.200. The van der Waals surface area contributed by atoms with E-state index in [4.69, 9.17) is 4.74 Å². The fourth-order valence-corrected chi connectivity index (χ4v) is 3.68. The van der Waals surface area contributed by atoms with E-state index in [2.05, 4.69) is 20.2 Å². The first-order chi connectivity index (χ1) is 13.8. The SMILES string of the molecule is CCOc1ccc(NS(=O)(=O)c2cc(C(=O)Nc3ccc(C)cc3C)n[nH]2)cc1. The van der Waals surface area contributed by atoms with E-state index in [1.54, 1.807) is 30.3 Å². The van der Waals surface area contributed by atoms with Crippen LogP contribution in [0.2, 0.25) is 0 Å². The Kier molecular flexibility index (Phi) is 5.88. The van der Waals surface area contributed by atoms with Crippen molar-refractivity contribution < 1.29 is 17.9 Å². The number of aromatic nitrogens is 2. The second kappa shape index (κ2) is 8.36. The molecule has 9 heteroatoms. The van der Waals surface area contributed by atoms with Gasteiger partial charge in [0.15, 0.2) is 10.7 Å². The maximum Gasteiger partial charge on any atom is 0.278 e. The largest absolute Gasteiger partial charge is 0.494 e. The van der Waals surface area contributed by atoms with Gasteiger partial charge in [0.05, 0.1) is 6.61 Å². The minimum Gasteiger partial charge on any atom is -0.494 e. The molecule has 0 radical (unpaired) electrons. The van der Waals surface area contributed by atoms with E-state index < -0.39 is 15.9 Å². The third kappa shape index (κ3) is 4.94. The highest BCUT2D eigenvalue weighted by Gasteiger charge is 2.20. The number of carbonyl (C=O) groups excluding carboxylic acids is 1. The van der Waals surface area contributed by atoms with Crippen molar-refractivity contribution >= 4 is 27.3 Å². The molecule has 8 nitrogen and oxygen atoms in total. The molecular weight excluding hydrogens is 392 g/mol. The molecule has 3 aromatic rings. The zero-order valence-corrected chi connectivity index (χ0v) is 17.1. The Morgan fingerprint density at radius 3 is 2.48 bits per heavy atom. The standard InChI is InChI=1S/C20H22N4O4S/c1-4-28-16-8-6-15(7-9-16)24-29(26,27)19-12-18(22-23-19)20(25)21-17-10-5-13(2)11-14(17)3/h5-12,24H,4H2,1-3H3,(H,21,25)(H,22,23). The van der Waals surface area contributed by atoms with Gasteiger partial charge in [-0.25, -0.2) is 0 Å². The van der Waals surface area contributed by atoms with Crippen molar-refractivity contribution in [2.45, 2.75) is 25.8 Å². The number of aryl methyl sites for hydroxylation is 2. The molecular formula is C20H22N4O4S. The molecule has 0 aliphatic rings. The van der Waals surface area contributed by atoms with Gasteiger partial charge in [-0.1, -0.05) is 17.7 Å². The molecule has 1 aromatic heterocycles. The van der Waals surface area contributed by atoms with Crippen LogP contribution in [0, 0.1) is 13.8 Å². The lowest BCUT2D eigenvalue weighted by molar-refractivity contribution is 0.102. The Balaban J connectivity index is 1.72. The van der Waals surface area contributed by atoms with Gasteiger partial charge in [-0.15, -0.1) is 0 Å². The second-order valence-electron chi connectivity index (χ2n) is 6.45. The monoisotopic (exact) mass is 414 g/mol. The molecule has 0 saturated carbocycles. The second-order valence-corrected chi connectivity index (χ2v) is 8.10. The van der Waals surface area contributed by atoms with E-state index in [-0.39, 0.29) is 10.7 Å². The fourth-order valence-electron chi connectivity index (χ4n) is 2.69. The minimum absolute atomic E-state index is 0.0305. The van der Waals surface area contributed by atoms with Gasteiger partial charge in [0.1, 0.15) is 5.75 Å². The van der Waals surface area contributed by atoms with Crippen LogP contribution in [0.15, 0.2) is 53.6 Å². The quantitative estimate of drug-likeness (QED) is 0.548. The van der Waals surface area contributed by atoms with Crippen LogP contribution in [0.5, 0.6) is 5.75 Å². The smallest absolute Gasteiger partial charge is 0.278 e. The number of hydrogen-bond acceptors (Lipinski definition) is 5. The van der Waals surface area contributed by atoms with Gasteiger partial charge in [0.2, 0.25) is 0 Å². The molecule has 0 atom stereocenters. The first-order valence-corrected chi connectivity index (χ1v) is 10.5. The Morgan fingerprint density at radius 1 is 1.10 bits per heavy atom. The zero-order chi connectivity index (χ0) is 21.0. The molecule has 2 aromatic carbocycles. The van der Waals surface area contributed by atoms with Crippen molar-refractivity contribution in [3.63, 3.8) is 0 Å². The average Bonchev–Trinajstić information content (AvgIpc) is 3.17. The van der Waals surface area contributed by atoms with E-state index in [9.17, 15) is 13.2 Å². The number of benzene rings is 2. The van der Waals surface area contributed by atoms with Crippen LogP contribution in [0.4, 0.5) is 11.4 Å². The maximum atomic E-state index is 12.6. The van der Waals surface area contributed by atoms with Gasteiger partial charge in [-0.05, 0) is 56.7 Å². The molecule has 29 heavy (non-hydrogen) atoms. The summed E-state index contributed by atoms with van der Waals surface area (Å²) >= 11 is 0. The van der Waals surface area contributed by atoms with Crippen molar-refractivity contribution in [3.05, 3.63) is 65.4 Å². The van der Waals surface area contributed by atoms with Gasteiger partial charge in [0.25, 0.3) is 15.9 Å². The third-order valence-electron chi connectivity index (χ3n) is 4.12. The molecule has 152 valence electrons. The lowest BCUT2D eigenvalue weighted by atomic mass is 10.1. The van der Waals surface area contributed by atoms with Crippen LogP contribution >= 0.6 is 0 Å². The number of ether oxygens (including phenoxy) is 1. The number of H-pyrrole nitrogens is 1. The van der Waals surface area contributed by atoms with Gasteiger partial charge < -0.3 is 10.1 Å². The highest BCUT2D eigenvalue weighted by Crippen LogP contribution is 2.20. The number of rotatable bonds is 7. The van der Waals surface area contributed by atoms with E-state index in [0.29, 0.717) is 23.7 Å². The molecule has 0 spiro atoms. The van der Waals surface area contributed by atoms with Crippen LogP contribution < -0.4 is 14.8 Å². The molecule has 0 saturated heterocycles. The molecule has 3 N–H and O–H groups in total. The number of aromatic amines is 1. The number of hydrogen-bond donors (Lipinski definition) is 3. The summed E-state index contributed by atoms with van der Waals surface area (Å²) in [6.45, 7) is 6.22. The Hall–Kier alpha value is -3.33. The summed E-state index contributed by atoms with van der Waals surface area (Å²) < 4.78 is 32.9. The molecule has 0 unspecified atom stereocenters. The first kappa shape index (κ1) is 20.4. The van der Waals surface area contributed by atoms with Gasteiger partial charge in [-0.2, -0.15) is 13.5 Å². The number of anilines is 2. The molecule has 3 rings (SSSR count). The van der Waals surface area contributed by atoms with Crippen molar-refractivity contribution in [1.82, 2.24) is 10.2 Å². The predicted octanol–water partition coefficient (Wildman–Crippen LogP) is 3.48. The van der Waals surface area contributed by atoms with Crippen molar-refractivity contribution in [1.29, 1.82) is 0 Å². The summed E-state index contributed by atoms with van der Waals surface area (Å²) in [5.74, 6) is 0.137. The number of nitrogens with one attached hydrogen (secondary N) is 3. The molecule has 1 heterocycles. The summed E-state index contributed by atoms with van der Waals surface area (Å²) in [4.78, 5) is 12.4. The highest BCUT2D eigenvalue weighted by molar-refractivity contribution is 7.92. The number of nitrogens with zero attached hydrogens (tertiary/aromatic N) is 1. The van der Waals surface area contributed by atoms with Crippen molar-refractivity contribution in [2.24, 2.45) is 0 Å². The van der Waals surface area contributed by atoms with Crippen LogP contribution in [0.3, 0.4) is 0 Å². The number of sulfonamides is 1. The average molecular weight is 414 g/mol. The van der Waals surface area contributed by atoms with Crippen molar-refractivity contribution in [2.75, 3.05) is 16.6 Å². The third-order valence-corrected chi connectivity index (χ3v) is 5.42. The number of amides is 1. The van der Waals surface area contributed by atoms with Gasteiger partial charge in [-0.3, -0.25) is 14.6 Å². The van der Waals surface area contributed by atoms with E-state index in [1.807, 2.05) is 32.9 Å². The molecule has 1 amide bonds. The first-order valence-electron chi connectivity index (χ1n) is 8.98. The van der Waals surface area contributed by atoms with Gasteiger partial charge >= 0.3 is 0 Å². The molecule has 0 aliphatic carbocycles. The summed E-state index contributed by atoms with van der Waals surface area (Å²) in [7, 11) is -3.93. The minimum atomic E-state index is -3.93. The Morgan fingerprint density at radius 2 is 1.83 bits per heavy atom. The summed E-state index contributed by atoms with van der Waals surface area (Å²) in [6.07, 6.45) is 0. The van der Waals surface area contributed by atoms with Crippen LogP contribution in [0.25, 0.3) is 0 Å². The maximum absolute atomic E-state index is 12.6. The predicted molar refractivity (Wildman–Crippen MR) is 111 cm³/mol. The van der Waals surface area contributed by atoms with Crippen molar-refractivity contribution in [3.8, 4) is 5.75 Å². The summed E-state index contributed by atoms with van der Waals surface area (Å²) in [5.41, 5.74) is 2.95. The lowest BCUT2D eigenvalue weighted by Crippen LogP contribution is -2.14. The molecule has 0 fully saturated rings. The summed E-state index contributed by atoms with van der Waals surface area (Å²) in [5, 5.41) is 8.76. The topological polar surface area (TPSA) is 113 Å². The molecule has 0 aliphatic heterocycles. The Bertz CT molecular complexity index is 1120.